The van der Waals surface area contributed by atoms with Gasteiger partial charge in [-0.15, -0.1) is 5.10 Å². The highest BCUT2D eigenvalue weighted by atomic mass is 35.5. The van der Waals surface area contributed by atoms with Crippen molar-refractivity contribution in [2.24, 2.45) is 0 Å². The van der Waals surface area contributed by atoms with Crippen LogP contribution < -0.4 is 0 Å². The van der Waals surface area contributed by atoms with Gasteiger partial charge in [0.15, 0.2) is 4.34 Å². The first-order valence-electron chi connectivity index (χ1n) is 4.81. The van der Waals surface area contributed by atoms with E-state index in [0.717, 1.165) is 10.0 Å². The van der Waals surface area contributed by atoms with Gasteiger partial charge in [-0.3, -0.25) is 4.98 Å². The van der Waals surface area contributed by atoms with Crippen LogP contribution in [-0.2, 0) is 0 Å². The van der Waals surface area contributed by atoms with Crippen molar-refractivity contribution < 1.29 is 0 Å². The van der Waals surface area contributed by atoms with Crippen LogP contribution in [0.3, 0.4) is 0 Å². The lowest BCUT2D eigenvalue weighted by atomic mass is 10.4. The van der Waals surface area contributed by atoms with Gasteiger partial charge < -0.3 is 0 Å². The molecule has 90 valence electrons. The van der Waals surface area contributed by atoms with Gasteiger partial charge in [0.05, 0.1) is 18.1 Å². The number of hydrogen-bond donors (Lipinski definition) is 0. The molecule has 0 N–H and O–H groups in total. The molecule has 3 heterocycles. The van der Waals surface area contributed by atoms with Crippen LogP contribution in [0.5, 0.6) is 0 Å². The summed E-state index contributed by atoms with van der Waals surface area (Å²) in [5.41, 5.74) is 0.799. The third-order valence-corrected chi connectivity index (χ3v) is 4.09. The Balaban J connectivity index is 1.93. The van der Waals surface area contributed by atoms with Crippen LogP contribution in [0.4, 0.5) is 0 Å². The summed E-state index contributed by atoms with van der Waals surface area (Å²) < 4.78 is 3.03. The maximum atomic E-state index is 5.83. The number of aromatic nitrogens is 6. The molecule has 0 spiro atoms. The standard InChI is InChI=1S/C9H5ClN6S2/c10-7-5-12-9(17-7)18-8-13-14-15-16(8)6-2-1-3-11-4-6/h1-5H. The number of hydrogen-bond acceptors (Lipinski definition) is 7. The molecule has 0 atom stereocenters. The van der Waals surface area contributed by atoms with E-state index in [4.69, 9.17) is 11.6 Å². The molecular formula is C9H5ClN6S2. The zero-order valence-electron chi connectivity index (χ0n) is 8.76. The zero-order chi connectivity index (χ0) is 12.4. The minimum absolute atomic E-state index is 0.619. The van der Waals surface area contributed by atoms with Crippen molar-refractivity contribution in [3.05, 3.63) is 35.1 Å². The highest BCUT2D eigenvalue weighted by Gasteiger charge is 2.12. The van der Waals surface area contributed by atoms with Crippen molar-refractivity contribution in [3.8, 4) is 5.69 Å². The fraction of sp³-hybridized carbons (Fsp3) is 0. The first kappa shape index (κ1) is 11.6. The van der Waals surface area contributed by atoms with Gasteiger partial charge in [-0.05, 0) is 34.3 Å². The number of pyridine rings is 1. The van der Waals surface area contributed by atoms with E-state index >= 15 is 0 Å². The van der Waals surface area contributed by atoms with Crippen molar-refractivity contribution in [3.63, 3.8) is 0 Å². The lowest BCUT2D eigenvalue weighted by molar-refractivity contribution is 0.753. The summed E-state index contributed by atoms with van der Waals surface area (Å²) in [7, 11) is 0. The maximum Gasteiger partial charge on any atom is 0.221 e. The molecule has 3 rings (SSSR count). The number of thiazole rings is 1. The molecule has 0 saturated heterocycles. The lowest BCUT2D eigenvalue weighted by Gasteiger charge is -2.00. The van der Waals surface area contributed by atoms with Crippen LogP contribution in [0.25, 0.3) is 5.69 Å². The van der Waals surface area contributed by atoms with Crippen molar-refractivity contribution in [1.82, 2.24) is 30.2 Å². The van der Waals surface area contributed by atoms with E-state index in [9.17, 15) is 0 Å². The third kappa shape index (κ3) is 2.35. The van der Waals surface area contributed by atoms with E-state index in [1.54, 1.807) is 23.3 Å². The molecule has 6 nitrogen and oxygen atoms in total. The zero-order valence-corrected chi connectivity index (χ0v) is 11.2. The number of rotatable bonds is 3. The van der Waals surface area contributed by atoms with Crippen LogP contribution >= 0.6 is 34.7 Å². The molecule has 0 aliphatic carbocycles. The second-order valence-corrected chi connectivity index (χ2v) is 5.99. The van der Waals surface area contributed by atoms with Gasteiger partial charge >= 0.3 is 0 Å². The average molecular weight is 297 g/mol. The largest absolute Gasteiger partial charge is 0.262 e. The topological polar surface area (TPSA) is 69.4 Å². The van der Waals surface area contributed by atoms with E-state index in [-0.39, 0.29) is 0 Å². The van der Waals surface area contributed by atoms with Gasteiger partial charge in [0, 0.05) is 6.20 Å². The van der Waals surface area contributed by atoms with Gasteiger partial charge in [-0.1, -0.05) is 22.9 Å². The highest BCUT2D eigenvalue weighted by molar-refractivity contribution is 8.00. The molecule has 0 aliphatic rings. The Kier molecular flexibility index (Phi) is 3.22. The Labute approximate surface area is 115 Å². The summed E-state index contributed by atoms with van der Waals surface area (Å²) >= 11 is 8.57. The summed E-state index contributed by atoms with van der Waals surface area (Å²) in [6.07, 6.45) is 4.99. The predicted octanol–water partition coefficient (Wildman–Crippen LogP) is 2.32. The van der Waals surface area contributed by atoms with Gasteiger partial charge in [-0.2, -0.15) is 4.68 Å². The Hall–Kier alpha value is -1.51. The number of tetrazole rings is 1. The third-order valence-electron chi connectivity index (χ3n) is 1.97. The van der Waals surface area contributed by atoms with E-state index in [1.165, 1.54) is 23.1 Å². The van der Waals surface area contributed by atoms with Crippen molar-refractivity contribution >= 4 is 34.7 Å². The van der Waals surface area contributed by atoms with Crippen LogP contribution in [-0.4, -0.2) is 30.2 Å². The summed E-state index contributed by atoms with van der Waals surface area (Å²) in [5.74, 6) is 0. The summed E-state index contributed by atoms with van der Waals surface area (Å²) in [6.45, 7) is 0. The van der Waals surface area contributed by atoms with Crippen LogP contribution in [0.2, 0.25) is 4.34 Å². The van der Waals surface area contributed by atoms with Gasteiger partial charge in [0.25, 0.3) is 0 Å². The quantitative estimate of drug-likeness (QED) is 0.739. The fourth-order valence-electron chi connectivity index (χ4n) is 1.25. The molecule has 0 aliphatic heterocycles. The Bertz CT molecular complexity index is 652. The van der Waals surface area contributed by atoms with Gasteiger partial charge in [-0.25, -0.2) is 4.98 Å². The monoisotopic (exact) mass is 296 g/mol. The van der Waals surface area contributed by atoms with Crippen molar-refractivity contribution in [2.45, 2.75) is 9.50 Å². The van der Waals surface area contributed by atoms with Crippen molar-refractivity contribution in [1.29, 1.82) is 0 Å². The highest BCUT2D eigenvalue weighted by Crippen LogP contribution is 2.32. The fourth-order valence-corrected chi connectivity index (χ4v) is 3.26. The van der Waals surface area contributed by atoms with E-state index in [0.29, 0.717) is 9.49 Å². The molecule has 3 aromatic rings. The molecule has 0 bridgehead atoms. The molecule has 0 fully saturated rings. The van der Waals surface area contributed by atoms with Crippen molar-refractivity contribution in [2.75, 3.05) is 0 Å². The summed E-state index contributed by atoms with van der Waals surface area (Å²) in [4.78, 5) is 8.18. The summed E-state index contributed by atoms with van der Waals surface area (Å²) in [5, 5.41) is 12.2. The molecule has 18 heavy (non-hydrogen) atoms. The SMILES string of the molecule is Clc1cnc(Sc2nnnn2-c2cccnc2)s1. The summed E-state index contributed by atoms with van der Waals surface area (Å²) in [6, 6.07) is 3.70. The maximum absolute atomic E-state index is 5.83. The molecule has 0 radical (unpaired) electrons. The molecular weight excluding hydrogens is 292 g/mol. The van der Waals surface area contributed by atoms with E-state index < -0.39 is 0 Å². The molecule has 0 saturated carbocycles. The minimum atomic E-state index is 0.619. The van der Waals surface area contributed by atoms with Gasteiger partial charge in [0.2, 0.25) is 5.16 Å². The normalized spacial score (nSPS) is 10.7. The molecule has 9 heteroatoms. The van der Waals surface area contributed by atoms with Crippen LogP contribution in [0.1, 0.15) is 0 Å². The molecule has 0 amide bonds. The van der Waals surface area contributed by atoms with Crippen LogP contribution in [0.15, 0.2) is 40.2 Å². The second kappa shape index (κ2) is 5.01. The second-order valence-electron chi connectivity index (χ2n) is 3.12. The van der Waals surface area contributed by atoms with Crippen LogP contribution in [0, 0.1) is 0 Å². The van der Waals surface area contributed by atoms with E-state index in [2.05, 4.69) is 25.5 Å². The van der Waals surface area contributed by atoms with Gasteiger partial charge in [0.1, 0.15) is 4.34 Å². The predicted molar refractivity (Wildman–Crippen MR) is 68.2 cm³/mol. The number of halogens is 1. The molecule has 0 aromatic carbocycles. The average Bonchev–Trinajstić information content (AvgIpc) is 3.00. The Morgan fingerprint density at radius 2 is 2.28 bits per heavy atom. The first-order valence-corrected chi connectivity index (χ1v) is 6.82. The Morgan fingerprint density at radius 3 is 3.00 bits per heavy atom. The smallest absolute Gasteiger partial charge is 0.221 e. The minimum Gasteiger partial charge on any atom is -0.262 e. The molecule has 3 aromatic heterocycles. The van der Waals surface area contributed by atoms with E-state index in [1.807, 2.05) is 12.1 Å². The first-order chi connectivity index (χ1) is 8.83. The Morgan fingerprint density at radius 1 is 1.33 bits per heavy atom. The number of nitrogens with zero attached hydrogens (tertiary/aromatic N) is 6. The molecule has 0 unspecified atom stereocenters. The lowest BCUT2D eigenvalue weighted by Crippen LogP contribution is -1.98.